The van der Waals surface area contributed by atoms with Crippen LogP contribution in [0.1, 0.15) is 25.0 Å². The smallest absolute Gasteiger partial charge is 0.326 e. The van der Waals surface area contributed by atoms with Crippen LogP contribution in [0.2, 0.25) is 5.02 Å². The Kier molecular flexibility index (Phi) is 7.18. The lowest BCUT2D eigenvalue weighted by molar-refractivity contribution is -0.149. The number of halogens is 1. The molecule has 2 aromatic carbocycles. The average molecular weight is 446 g/mol. The second-order valence-corrected chi connectivity index (χ2v) is 8.16. The van der Waals surface area contributed by atoms with E-state index in [1.54, 1.807) is 50.3 Å². The number of amides is 2. The summed E-state index contributed by atoms with van der Waals surface area (Å²) in [6, 6.07) is 14.5. The first-order chi connectivity index (χ1) is 14.3. The number of ether oxygens (including phenoxy) is 2. The van der Waals surface area contributed by atoms with Crippen LogP contribution >= 0.6 is 23.4 Å². The highest BCUT2D eigenvalue weighted by molar-refractivity contribution is 8.18. The Balaban J connectivity index is 1.68. The summed E-state index contributed by atoms with van der Waals surface area (Å²) in [6.07, 6.45) is 1.28. The fraction of sp³-hybridized carbons (Fsp3) is 0.227. The average Bonchev–Trinajstić information content (AvgIpc) is 2.94. The molecule has 0 N–H and O–H groups in total. The molecule has 30 heavy (non-hydrogen) atoms. The third kappa shape index (κ3) is 5.64. The van der Waals surface area contributed by atoms with Crippen molar-refractivity contribution in [2.24, 2.45) is 0 Å². The Morgan fingerprint density at radius 1 is 1.17 bits per heavy atom. The molecule has 2 amide bonds. The Bertz CT molecular complexity index is 1000. The molecule has 8 heteroatoms. The summed E-state index contributed by atoms with van der Waals surface area (Å²) in [5, 5.41) is 0.122. The van der Waals surface area contributed by atoms with Gasteiger partial charge in [0.2, 0.25) is 0 Å². The summed E-state index contributed by atoms with van der Waals surface area (Å²) in [4.78, 5) is 37.6. The predicted molar refractivity (Wildman–Crippen MR) is 116 cm³/mol. The maximum absolute atomic E-state index is 12.5. The lowest BCUT2D eigenvalue weighted by Crippen LogP contribution is -2.35. The molecule has 1 aliphatic rings. The number of hydrogen-bond donors (Lipinski definition) is 0. The molecule has 0 aliphatic carbocycles. The highest BCUT2D eigenvalue weighted by Gasteiger charge is 2.36. The van der Waals surface area contributed by atoms with E-state index in [0.717, 1.165) is 22.2 Å². The van der Waals surface area contributed by atoms with Crippen molar-refractivity contribution in [2.75, 3.05) is 6.54 Å². The lowest BCUT2D eigenvalue weighted by Gasteiger charge is -2.13. The predicted octanol–water partition coefficient (Wildman–Crippen LogP) is 4.91. The van der Waals surface area contributed by atoms with Crippen LogP contribution in [0.15, 0.2) is 53.4 Å². The van der Waals surface area contributed by atoms with E-state index < -0.39 is 23.7 Å². The summed E-state index contributed by atoms with van der Waals surface area (Å²) >= 11 is 6.93. The molecule has 6 nitrogen and oxygen atoms in total. The molecular weight excluding hydrogens is 426 g/mol. The zero-order chi connectivity index (χ0) is 21.7. The van der Waals surface area contributed by atoms with Gasteiger partial charge >= 0.3 is 5.97 Å². The molecule has 0 aromatic heterocycles. The van der Waals surface area contributed by atoms with Crippen molar-refractivity contribution in [1.82, 2.24) is 4.90 Å². The first-order valence-corrected chi connectivity index (χ1v) is 10.4. The van der Waals surface area contributed by atoms with Crippen LogP contribution in [0.25, 0.3) is 6.08 Å². The van der Waals surface area contributed by atoms with E-state index in [1.807, 2.05) is 18.2 Å². The number of carbonyl (C=O) groups excluding carboxylic acids is 3. The van der Waals surface area contributed by atoms with Gasteiger partial charge in [0.25, 0.3) is 11.1 Å². The van der Waals surface area contributed by atoms with Gasteiger partial charge < -0.3 is 9.47 Å². The first-order valence-electron chi connectivity index (χ1n) is 9.24. The van der Waals surface area contributed by atoms with Crippen LogP contribution in [-0.4, -0.2) is 34.7 Å². The molecule has 0 spiro atoms. The Morgan fingerprint density at radius 3 is 2.67 bits per heavy atom. The third-order valence-corrected chi connectivity index (χ3v) is 5.31. The molecule has 0 radical (unpaired) electrons. The number of rotatable bonds is 7. The van der Waals surface area contributed by atoms with Crippen molar-refractivity contribution in [3.05, 3.63) is 69.6 Å². The minimum absolute atomic E-state index is 0.237. The zero-order valence-electron chi connectivity index (χ0n) is 16.5. The molecule has 2 aromatic rings. The van der Waals surface area contributed by atoms with Gasteiger partial charge in [-0.25, -0.2) is 0 Å². The van der Waals surface area contributed by atoms with Crippen LogP contribution in [0.4, 0.5) is 4.79 Å². The molecule has 0 unspecified atom stereocenters. The first kappa shape index (κ1) is 21.9. The largest absolute Gasteiger partial charge is 0.489 e. The SMILES string of the molecule is CC(C)OC(=O)CN1C(=O)S/C(=C\c2cccc(OCc3ccccc3Cl)c2)C1=O. The van der Waals surface area contributed by atoms with Gasteiger partial charge in [-0.05, 0) is 55.4 Å². The summed E-state index contributed by atoms with van der Waals surface area (Å²) in [5.41, 5.74) is 1.56. The third-order valence-electron chi connectivity index (χ3n) is 4.04. The fourth-order valence-corrected chi connectivity index (χ4v) is 3.72. The van der Waals surface area contributed by atoms with E-state index >= 15 is 0 Å². The second-order valence-electron chi connectivity index (χ2n) is 6.76. The molecular formula is C22H20ClNO5S. The highest BCUT2D eigenvalue weighted by atomic mass is 35.5. The van der Waals surface area contributed by atoms with Gasteiger partial charge in [0, 0.05) is 10.6 Å². The van der Waals surface area contributed by atoms with Crippen molar-refractivity contribution in [3.8, 4) is 5.75 Å². The molecule has 1 fully saturated rings. The summed E-state index contributed by atoms with van der Waals surface area (Å²) < 4.78 is 10.8. The van der Waals surface area contributed by atoms with E-state index in [0.29, 0.717) is 22.9 Å². The van der Waals surface area contributed by atoms with Crippen LogP contribution in [0, 0.1) is 0 Å². The van der Waals surface area contributed by atoms with Crippen molar-refractivity contribution >= 4 is 46.6 Å². The Hall–Kier alpha value is -2.77. The van der Waals surface area contributed by atoms with Gasteiger partial charge in [0.1, 0.15) is 18.9 Å². The van der Waals surface area contributed by atoms with Gasteiger partial charge in [-0.2, -0.15) is 0 Å². The zero-order valence-corrected chi connectivity index (χ0v) is 18.0. The molecule has 3 rings (SSSR count). The van der Waals surface area contributed by atoms with Gasteiger partial charge in [-0.3, -0.25) is 19.3 Å². The molecule has 156 valence electrons. The quantitative estimate of drug-likeness (QED) is 0.445. The second kappa shape index (κ2) is 9.82. The van der Waals surface area contributed by atoms with E-state index in [1.165, 1.54) is 0 Å². The number of imide groups is 1. The van der Waals surface area contributed by atoms with Crippen molar-refractivity contribution in [1.29, 1.82) is 0 Å². The maximum atomic E-state index is 12.5. The normalized spacial score (nSPS) is 15.2. The van der Waals surface area contributed by atoms with E-state index in [-0.39, 0.29) is 11.0 Å². The van der Waals surface area contributed by atoms with Crippen molar-refractivity contribution in [3.63, 3.8) is 0 Å². The summed E-state index contributed by atoms with van der Waals surface area (Å²) in [5.74, 6) is -0.542. The van der Waals surface area contributed by atoms with Crippen LogP contribution < -0.4 is 4.74 Å². The van der Waals surface area contributed by atoms with Crippen LogP contribution in [0.5, 0.6) is 5.75 Å². The van der Waals surface area contributed by atoms with Gasteiger partial charge in [0.05, 0.1) is 11.0 Å². The summed E-state index contributed by atoms with van der Waals surface area (Å²) in [6.45, 7) is 3.30. The fourth-order valence-electron chi connectivity index (χ4n) is 2.69. The molecule has 1 saturated heterocycles. The van der Waals surface area contributed by atoms with Gasteiger partial charge in [-0.15, -0.1) is 0 Å². The molecule has 1 aliphatic heterocycles. The maximum Gasteiger partial charge on any atom is 0.326 e. The van der Waals surface area contributed by atoms with Crippen LogP contribution in [0.3, 0.4) is 0 Å². The minimum Gasteiger partial charge on any atom is -0.489 e. The van der Waals surface area contributed by atoms with E-state index in [9.17, 15) is 14.4 Å². The monoisotopic (exact) mass is 445 g/mol. The van der Waals surface area contributed by atoms with E-state index in [4.69, 9.17) is 21.1 Å². The van der Waals surface area contributed by atoms with Crippen molar-refractivity contribution < 1.29 is 23.9 Å². The number of carbonyl (C=O) groups is 3. The molecule has 1 heterocycles. The lowest BCUT2D eigenvalue weighted by atomic mass is 10.2. The number of thioether (sulfide) groups is 1. The highest BCUT2D eigenvalue weighted by Crippen LogP contribution is 2.32. The molecule has 0 saturated carbocycles. The van der Waals surface area contributed by atoms with Crippen LogP contribution in [-0.2, 0) is 20.9 Å². The molecule has 0 bridgehead atoms. The number of hydrogen-bond acceptors (Lipinski definition) is 6. The number of nitrogens with zero attached hydrogens (tertiary/aromatic N) is 1. The summed E-state index contributed by atoms with van der Waals surface area (Å²) in [7, 11) is 0. The number of benzene rings is 2. The minimum atomic E-state index is -0.622. The standard InChI is InChI=1S/C22H20ClNO5S/c1-14(2)29-20(25)12-24-21(26)19(30-22(24)27)11-15-6-5-8-17(10-15)28-13-16-7-3-4-9-18(16)23/h3-11,14H,12-13H2,1-2H3/b19-11-. The van der Waals surface area contributed by atoms with E-state index in [2.05, 4.69) is 0 Å². The van der Waals surface area contributed by atoms with Gasteiger partial charge in [-0.1, -0.05) is 41.9 Å². The Morgan fingerprint density at radius 2 is 1.93 bits per heavy atom. The van der Waals surface area contributed by atoms with Gasteiger partial charge in [0.15, 0.2) is 0 Å². The topological polar surface area (TPSA) is 72.9 Å². The Labute approximate surface area is 183 Å². The number of esters is 1. The van der Waals surface area contributed by atoms with Crippen molar-refractivity contribution in [2.45, 2.75) is 26.6 Å². The molecule has 0 atom stereocenters.